The van der Waals surface area contributed by atoms with E-state index in [2.05, 4.69) is 9.97 Å². The Morgan fingerprint density at radius 3 is 2.71 bits per heavy atom. The third-order valence-corrected chi connectivity index (χ3v) is 3.77. The minimum Gasteiger partial charge on any atom is -0.462 e. The van der Waals surface area contributed by atoms with E-state index in [4.69, 9.17) is 16.3 Å². The van der Waals surface area contributed by atoms with Gasteiger partial charge >= 0.3 is 5.97 Å². The molecule has 0 aliphatic heterocycles. The fourth-order valence-electron chi connectivity index (χ4n) is 1.54. The van der Waals surface area contributed by atoms with Crippen molar-refractivity contribution in [1.29, 1.82) is 0 Å². The zero-order valence-corrected chi connectivity index (χ0v) is 12.8. The number of halogens is 1. The second kappa shape index (κ2) is 7.28. The van der Waals surface area contributed by atoms with Crippen LogP contribution in [0.1, 0.15) is 22.8 Å². The molecule has 0 unspecified atom stereocenters. The highest BCUT2D eigenvalue weighted by atomic mass is 35.5. The molecule has 1 aromatic heterocycles. The van der Waals surface area contributed by atoms with Gasteiger partial charge in [-0.3, -0.25) is 4.79 Å². The molecular weight excluding hydrogens is 312 g/mol. The number of H-pyrrole nitrogens is 1. The smallest absolute Gasteiger partial charge is 0.345 e. The van der Waals surface area contributed by atoms with Gasteiger partial charge in [0.15, 0.2) is 5.16 Å². The maximum atomic E-state index is 11.8. The highest BCUT2D eigenvalue weighted by molar-refractivity contribution is 7.98. The largest absolute Gasteiger partial charge is 0.462 e. The zero-order valence-electron chi connectivity index (χ0n) is 11.3. The molecule has 0 saturated heterocycles. The number of carbonyl (C=O) groups excluding carboxylic acids is 1. The van der Waals surface area contributed by atoms with Gasteiger partial charge in [0.1, 0.15) is 5.56 Å². The van der Waals surface area contributed by atoms with Gasteiger partial charge in [0, 0.05) is 17.0 Å². The molecule has 21 heavy (non-hydrogen) atoms. The van der Waals surface area contributed by atoms with E-state index in [0.29, 0.717) is 15.9 Å². The van der Waals surface area contributed by atoms with E-state index in [1.807, 2.05) is 12.1 Å². The monoisotopic (exact) mass is 324 g/mol. The highest BCUT2D eigenvalue weighted by Crippen LogP contribution is 2.19. The zero-order chi connectivity index (χ0) is 15.2. The summed E-state index contributed by atoms with van der Waals surface area (Å²) in [5.41, 5.74) is 0.469. The first-order valence-electron chi connectivity index (χ1n) is 6.24. The van der Waals surface area contributed by atoms with Gasteiger partial charge in [0.05, 0.1) is 6.61 Å². The number of ether oxygens (including phenoxy) is 1. The first kappa shape index (κ1) is 15.6. The average Bonchev–Trinajstić information content (AvgIpc) is 2.47. The molecule has 0 bridgehead atoms. The van der Waals surface area contributed by atoms with E-state index in [1.54, 1.807) is 19.1 Å². The fraction of sp³-hybridized carbons (Fsp3) is 0.214. The summed E-state index contributed by atoms with van der Waals surface area (Å²) >= 11 is 7.18. The van der Waals surface area contributed by atoms with Gasteiger partial charge in [-0.2, -0.15) is 0 Å². The molecule has 110 valence electrons. The summed E-state index contributed by atoms with van der Waals surface area (Å²) in [5.74, 6) is -0.0284. The SMILES string of the molecule is CCOC(=O)c1cnc(SCc2ccc(Cl)cc2)[nH]c1=O. The number of aromatic amines is 1. The van der Waals surface area contributed by atoms with Crippen LogP contribution in [0.5, 0.6) is 0 Å². The Hall–Kier alpha value is -1.79. The standard InChI is InChI=1S/C14H13ClN2O3S/c1-2-20-13(19)11-7-16-14(17-12(11)18)21-8-9-3-5-10(15)6-4-9/h3-7H,2,8H2,1H3,(H,16,17,18). The van der Waals surface area contributed by atoms with Crippen LogP contribution in [0, 0.1) is 0 Å². The Morgan fingerprint density at radius 1 is 1.38 bits per heavy atom. The summed E-state index contributed by atoms with van der Waals surface area (Å²) in [6, 6.07) is 7.41. The van der Waals surface area contributed by atoms with E-state index in [9.17, 15) is 9.59 Å². The van der Waals surface area contributed by atoms with Crippen LogP contribution in [0.3, 0.4) is 0 Å². The van der Waals surface area contributed by atoms with E-state index >= 15 is 0 Å². The van der Waals surface area contributed by atoms with E-state index in [0.717, 1.165) is 5.56 Å². The predicted octanol–water partition coefficient (Wildman–Crippen LogP) is 2.89. The summed E-state index contributed by atoms with van der Waals surface area (Å²) in [6.45, 7) is 1.89. The van der Waals surface area contributed by atoms with Crippen LogP contribution in [0.15, 0.2) is 40.4 Å². The molecule has 0 atom stereocenters. The molecule has 1 aromatic carbocycles. The Bertz CT molecular complexity index is 685. The molecule has 5 nitrogen and oxygen atoms in total. The van der Waals surface area contributed by atoms with Crippen molar-refractivity contribution in [3.63, 3.8) is 0 Å². The molecule has 0 aliphatic rings. The van der Waals surface area contributed by atoms with Crippen molar-refractivity contribution < 1.29 is 9.53 Å². The lowest BCUT2D eigenvalue weighted by molar-refractivity contribution is 0.0523. The van der Waals surface area contributed by atoms with Gasteiger partial charge in [0.2, 0.25) is 0 Å². The summed E-state index contributed by atoms with van der Waals surface area (Å²) in [4.78, 5) is 29.9. The molecule has 7 heteroatoms. The number of rotatable bonds is 5. The molecule has 0 spiro atoms. The maximum absolute atomic E-state index is 11.8. The van der Waals surface area contributed by atoms with E-state index < -0.39 is 11.5 Å². The molecular formula is C14H13ClN2O3S. The van der Waals surface area contributed by atoms with E-state index in [-0.39, 0.29) is 12.2 Å². The summed E-state index contributed by atoms with van der Waals surface area (Å²) in [5, 5.41) is 1.12. The van der Waals surface area contributed by atoms with Gasteiger partial charge < -0.3 is 9.72 Å². The van der Waals surface area contributed by atoms with Crippen molar-refractivity contribution in [2.24, 2.45) is 0 Å². The second-order valence-corrected chi connectivity index (χ2v) is 5.47. The minimum atomic E-state index is -0.666. The van der Waals surface area contributed by atoms with Crippen LogP contribution in [-0.4, -0.2) is 22.5 Å². The number of aromatic nitrogens is 2. The third-order valence-electron chi connectivity index (χ3n) is 2.56. The van der Waals surface area contributed by atoms with Crippen molar-refractivity contribution >= 4 is 29.3 Å². The number of nitrogens with zero attached hydrogens (tertiary/aromatic N) is 1. The molecule has 1 N–H and O–H groups in total. The molecule has 0 aliphatic carbocycles. The Morgan fingerprint density at radius 2 is 2.10 bits per heavy atom. The summed E-state index contributed by atoms with van der Waals surface area (Å²) < 4.78 is 4.77. The van der Waals surface area contributed by atoms with Crippen molar-refractivity contribution in [3.05, 3.63) is 57.0 Å². The van der Waals surface area contributed by atoms with Crippen LogP contribution in [0.4, 0.5) is 0 Å². The topological polar surface area (TPSA) is 72.0 Å². The molecule has 1 heterocycles. The molecule has 0 saturated carbocycles. The number of nitrogens with one attached hydrogen (secondary N) is 1. The van der Waals surface area contributed by atoms with Gasteiger partial charge in [-0.15, -0.1) is 0 Å². The van der Waals surface area contributed by atoms with Crippen molar-refractivity contribution in [1.82, 2.24) is 9.97 Å². The fourth-order valence-corrected chi connectivity index (χ4v) is 2.45. The summed E-state index contributed by atoms with van der Waals surface area (Å²) in [7, 11) is 0. The predicted molar refractivity (Wildman–Crippen MR) is 81.8 cm³/mol. The maximum Gasteiger partial charge on any atom is 0.345 e. The van der Waals surface area contributed by atoms with Crippen molar-refractivity contribution in [2.75, 3.05) is 6.61 Å². The number of carbonyl (C=O) groups is 1. The number of hydrogen-bond acceptors (Lipinski definition) is 5. The van der Waals surface area contributed by atoms with Crippen LogP contribution in [-0.2, 0) is 10.5 Å². The van der Waals surface area contributed by atoms with Crippen LogP contribution in [0.2, 0.25) is 5.02 Å². The van der Waals surface area contributed by atoms with Gasteiger partial charge in [-0.25, -0.2) is 9.78 Å². The van der Waals surface area contributed by atoms with Crippen LogP contribution >= 0.6 is 23.4 Å². The first-order valence-corrected chi connectivity index (χ1v) is 7.60. The van der Waals surface area contributed by atoms with Gasteiger partial charge in [0.25, 0.3) is 5.56 Å². The van der Waals surface area contributed by atoms with E-state index in [1.165, 1.54) is 18.0 Å². The lowest BCUT2D eigenvalue weighted by Gasteiger charge is -2.03. The molecule has 0 amide bonds. The normalized spacial score (nSPS) is 10.4. The highest BCUT2D eigenvalue weighted by Gasteiger charge is 2.12. The first-order chi connectivity index (χ1) is 10.1. The Balaban J connectivity index is 2.05. The number of hydrogen-bond donors (Lipinski definition) is 1. The van der Waals surface area contributed by atoms with Gasteiger partial charge in [-0.1, -0.05) is 35.5 Å². The molecule has 2 rings (SSSR count). The Labute approximate surface area is 130 Å². The van der Waals surface area contributed by atoms with Crippen LogP contribution in [0.25, 0.3) is 0 Å². The lowest BCUT2D eigenvalue weighted by Crippen LogP contribution is -2.20. The number of esters is 1. The lowest BCUT2D eigenvalue weighted by atomic mass is 10.2. The minimum absolute atomic E-state index is 0.0901. The molecule has 2 aromatic rings. The second-order valence-electron chi connectivity index (χ2n) is 4.07. The quantitative estimate of drug-likeness (QED) is 0.520. The number of benzene rings is 1. The summed E-state index contributed by atoms with van der Waals surface area (Å²) in [6.07, 6.45) is 1.24. The van der Waals surface area contributed by atoms with Gasteiger partial charge in [-0.05, 0) is 24.6 Å². The Kier molecular flexibility index (Phi) is 5.41. The molecule has 0 radical (unpaired) electrons. The van der Waals surface area contributed by atoms with Crippen molar-refractivity contribution in [3.8, 4) is 0 Å². The number of thioether (sulfide) groups is 1. The third kappa shape index (κ3) is 4.34. The van der Waals surface area contributed by atoms with Crippen LogP contribution < -0.4 is 5.56 Å². The van der Waals surface area contributed by atoms with Crippen molar-refractivity contribution in [2.45, 2.75) is 17.8 Å². The average molecular weight is 325 g/mol. The molecule has 0 fully saturated rings.